The highest BCUT2D eigenvalue weighted by atomic mass is 16.7. The molecule has 2 aromatic rings. The van der Waals surface area contributed by atoms with E-state index in [1.54, 1.807) is 0 Å². The van der Waals surface area contributed by atoms with E-state index in [9.17, 15) is 9.90 Å². The molecule has 7 heteroatoms. The summed E-state index contributed by atoms with van der Waals surface area (Å²) < 4.78 is 18.8. The van der Waals surface area contributed by atoms with Crippen molar-refractivity contribution in [2.24, 2.45) is 11.7 Å². The van der Waals surface area contributed by atoms with Crippen LogP contribution >= 0.6 is 0 Å². The van der Waals surface area contributed by atoms with Gasteiger partial charge in [0, 0.05) is 24.6 Å². The average molecular weight is 497 g/mol. The minimum atomic E-state index is -0.539. The maximum absolute atomic E-state index is 12.9. The summed E-state index contributed by atoms with van der Waals surface area (Å²) in [6, 6.07) is 15.6. The summed E-state index contributed by atoms with van der Waals surface area (Å²) in [6.45, 7) is 9.79. The lowest BCUT2D eigenvalue weighted by Gasteiger charge is -2.43. The Labute approximate surface area is 214 Å². The predicted octanol–water partition coefficient (Wildman–Crippen LogP) is 4.24. The molecular weight excluding hydrogens is 456 g/mol. The highest BCUT2D eigenvalue weighted by Crippen LogP contribution is 2.42. The number of carbonyl (C=O) groups is 1. The van der Waals surface area contributed by atoms with Crippen LogP contribution in [0.5, 0.6) is 0 Å². The van der Waals surface area contributed by atoms with Crippen molar-refractivity contribution < 1.29 is 24.1 Å². The van der Waals surface area contributed by atoms with Crippen LogP contribution in [-0.4, -0.2) is 46.8 Å². The Morgan fingerprint density at radius 2 is 1.69 bits per heavy atom. The number of esters is 1. The number of hydrogen-bond donors (Lipinski definition) is 2. The van der Waals surface area contributed by atoms with E-state index in [0.717, 1.165) is 41.6 Å². The molecular formula is C29H40N2O5. The average Bonchev–Trinajstić information content (AvgIpc) is 3.33. The van der Waals surface area contributed by atoms with E-state index >= 15 is 0 Å². The molecule has 7 nitrogen and oxygen atoms in total. The SMILES string of the molecule is CC1C(CN2CCCC2C(=O)OC(C)(C)C)OC(c2ccc(CN)cc2)OC1c1ccc(CO)cc1. The molecule has 2 aliphatic heterocycles. The number of aliphatic hydroxyl groups excluding tert-OH is 1. The number of ether oxygens (including phenoxy) is 3. The van der Waals surface area contributed by atoms with Gasteiger partial charge < -0.3 is 25.1 Å². The van der Waals surface area contributed by atoms with E-state index in [1.807, 2.05) is 69.3 Å². The van der Waals surface area contributed by atoms with Gasteiger partial charge in [0.2, 0.25) is 0 Å². The maximum atomic E-state index is 12.9. The van der Waals surface area contributed by atoms with Crippen LogP contribution in [-0.2, 0) is 32.2 Å². The van der Waals surface area contributed by atoms with Gasteiger partial charge >= 0.3 is 5.97 Å². The lowest BCUT2D eigenvalue weighted by atomic mass is 9.90. The first-order valence-corrected chi connectivity index (χ1v) is 12.9. The summed E-state index contributed by atoms with van der Waals surface area (Å²) in [6.07, 6.45) is 0.866. The first-order valence-electron chi connectivity index (χ1n) is 12.9. The first-order chi connectivity index (χ1) is 17.2. The summed E-state index contributed by atoms with van der Waals surface area (Å²) in [7, 11) is 0. The van der Waals surface area contributed by atoms with Gasteiger partial charge in [-0.05, 0) is 56.8 Å². The Hall–Kier alpha value is -2.29. The van der Waals surface area contributed by atoms with Crippen molar-refractivity contribution in [3.8, 4) is 0 Å². The Bertz CT molecular complexity index is 1000. The Morgan fingerprint density at radius 1 is 1.06 bits per heavy atom. The summed E-state index contributed by atoms with van der Waals surface area (Å²) in [5, 5.41) is 9.46. The standard InChI is InChI=1S/C29H40N2O5/c1-19-25(17-31-15-5-6-24(31)27(33)36-29(2,3)4)34-28(23-13-7-20(16-30)8-14-23)35-26(19)22-11-9-21(18-32)10-12-22/h7-14,19,24-26,28,32H,5-6,15-18,30H2,1-4H3. The molecule has 0 aliphatic carbocycles. The van der Waals surface area contributed by atoms with E-state index < -0.39 is 11.9 Å². The molecule has 2 aliphatic rings. The summed E-state index contributed by atoms with van der Waals surface area (Å²) >= 11 is 0. The van der Waals surface area contributed by atoms with Crippen molar-refractivity contribution in [3.05, 3.63) is 70.8 Å². The van der Waals surface area contributed by atoms with Gasteiger partial charge in [-0.1, -0.05) is 55.5 Å². The zero-order chi connectivity index (χ0) is 25.9. The Balaban J connectivity index is 1.57. The van der Waals surface area contributed by atoms with Gasteiger partial charge in [-0.3, -0.25) is 9.69 Å². The topological polar surface area (TPSA) is 94.3 Å². The van der Waals surface area contributed by atoms with Crippen LogP contribution in [0.15, 0.2) is 48.5 Å². The van der Waals surface area contributed by atoms with Crippen molar-refractivity contribution >= 4 is 5.97 Å². The molecule has 0 spiro atoms. The molecule has 196 valence electrons. The molecule has 5 atom stereocenters. The number of hydrogen-bond acceptors (Lipinski definition) is 7. The third-order valence-electron chi connectivity index (χ3n) is 7.07. The molecule has 5 unspecified atom stereocenters. The minimum Gasteiger partial charge on any atom is -0.459 e. The van der Waals surface area contributed by atoms with Crippen molar-refractivity contribution in [1.82, 2.24) is 4.90 Å². The molecule has 3 N–H and O–H groups in total. The summed E-state index contributed by atoms with van der Waals surface area (Å²) in [5.74, 6) is -0.116. The van der Waals surface area contributed by atoms with Crippen molar-refractivity contribution in [2.45, 2.75) is 83.8 Å². The van der Waals surface area contributed by atoms with E-state index in [0.29, 0.717) is 13.1 Å². The van der Waals surface area contributed by atoms with E-state index in [1.165, 1.54) is 0 Å². The van der Waals surface area contributed by atoms with E-state index in [4.69, 9.17) is 19.9 Å². The third-order valence-corrected chi connectivity index (χ3v) is 7.07. The van der Waals surface area contributed by atoms with Crippen molar-refractivity contribution in [3.63, 3.8) is 0 Å². The molecule has 4 rings (SSSR count). The fraction of sp³-hybridized carbons (Fsp3) is 0.552. The highest BCUT2D eigenvalue weighted by Gasteiger charge is 2.42. The van der Waals surface area contributed by atoms with Crippen LogP contribution in [0.4, 0.5) is 0 Å². The van der Waals surface area contributed by atoms with Gasteiger partial charge in [0.05, 0.1) is 18.8 Å². The lowest BCUT2D eigenvalue weighted by molar-refractivity contribution is -0.276. The second-order valence-corrected chi connectivity index (χ2v) is 11.0. The largest absolute Gasteiger partial charge is 0.459 e. The zero-order valence-corrected chi connectivity index (χ0v) is 21.9. The quantitative estimate of drug-likeness (QED) is 0.554. The second kappa shape index (κ2) is 11.4. The number of carbonyl (C=O) groups excluding carboxylic acids is 1. The molecule has 0 amide bonds. The van der Waals surface area contributed by atoms with Gasteiger partial charge in [-0.2, -0.15) is 0 Å². The molecule has 2 aromatic carbocycles. The molecule has 0 bridgehead atoms. The summed E-state index contributed by atoms with van der Waals surface area (Å²) in [4.78, 5) is 15.1. The molecule has 36 heavy (non-hydrogen) atoms. The molecule has 0 aromatic heterocycles. The van der Waals surface area contributed by atoms with Gasteiger partial charge in [0.1, 0.15) is 11.6 Å². The maximum Gasteiger partial charge on any atom is 0.323 e. The highest BCUT2D eigenvalue weighted by molar-refractivity contribution is 5.76. The van der Waals surface area contributed by atoms with Crippen molar-refractivity contribution in [1.29, 1.82) is 0 Å². The predicted molar refractivity (Wildman–Crippen MR) is 138 cm³/mol. The molecule has 2 heterocycles. The first kappa shape index (κ1) is 26.8. The number of aliphatic hydroxyl groups is 1. The Morgan fingerprint density at radius 3 is 2.31 bits per heavy atom. The van der Waals surface area contributed by atoms with Crippen molar-refractivity contribution in [2.75, 3.05) is 13.1 Å². The molecule has 0 radical (unpaired) electrons. The second-order valence-electron chi connectivity index (χ2n) is 11.0. The zero-order valence-electron chi connectivity index (χ0n) is 21.9. The molecule has 2 saturated heterocycles. The van der Waals surface area contributed by atoms with Crippen LogP contribution in [0.25, 0.3) is 0 Å². The van der Waals surface area contributed by atoms with Gasteiger partial charge in [-0.15, -0.1) is 0 Å². The normalized spacial score (nSPS) is 27.2. The summed E-state index contributed by atoms with van der Waals surface area (Å²) in [5.41, 5.74) is 9.16. The number of nitrogens with two attached hydrogens (primary N) is 1. The monoisotopic (exact) mass is 496 g/mol. The molecule has 0 saturated carbocycles. The van der Waals surface area contributed by atoms with E-state index in [-0.39, 0.29) is 36.7 Å². The number of rotatable bonds is 7. The van der Waals surface area contributed by atoms with E-state index in [2.05, 4.69) is 11.8 Å². The fourth-order valence-corrected chi connectivity index (χ4v) is 5.05. The smallest absolute Gasteiger partial charge is 0.323 e. The fourth-order valence-electron chi connectivity index (χ4n) is 5.05. The van der Waals surface area contributed by atoms with Crippen LogP contribution < -0.4 is 5.73 Å². The molecule has 2 fully saturated rings. The number of likely N-dealkylation sites (tertiary alicyclic amines) is 1. The van der Waals surface area contributed by atoms with Crippen LogP contribution in [0, 0.1) is 5.92 Å². The minimum absolute atomic E-state index is 0.00419. The van der Waals surface area contributed by atoms with Gasteiger partial charge in [0.25, 0.3) is 0 Å². The van der Waals surface area contributed by atoms with Gasteiger partial charge in [0.15, 0.2) is 6.29 Å². The lowest BCUT2D eigenvalue weighted by Crippen LogP contribution is -2.48. The van der Waals surface area contributed by atoms with Crippen LogP contribution in [0.1, 0.15) is 75.2 Å². The number of benzene rings is 2. The van der Waals surface area contributed by atoms with Gasteiger partial charge in [-0.25, -0.2) is 0 Å². The third kappa shape index (κ3) is 6.33. The Kier molecular flexibility index (Phi) is 8.48. The van der Waals surface area contributed by atoms with Crippen LogP contribution in [0.2, 0.25) is 0 Å². The van der Waals surface area contributed by atoms with Crippen LogP contribution in [0.3, 0.4) is 0 Å². The number of nitrogens with zero attached hydrogens (tertiary/aromatic N) is 1.